The van der Waals surface area contributed by atoms with Crippen molar-refractivity contribution in [3.05, 3.63) is 80.9 Å². The lowest BCUT2D eigenvalue weighted by Gasteiger charge is -2.09. The van der Waals surface area contributed by atoms with Gasteiger partial charge in [0, 0.05) is 23.4 Å². The molecule has 30 heavy (non-hydrogen) atoms. The lowest BCUT2D eigenvalue weighted by Crippen LogP contribution is -2.29. The smallest absolute Gasteiger partial charge is 0.306 e. The van der Waals surface area contributed by atoms with E-state index in [4.69, 9.17) is 4.74 Å². The van der Waals surface area contributed by atoms with E-state index in [1.54, 1.807) is 24.3 Å². The number of amides is 1. The minimum atomic E-state index is -1.01. The summed E-state index contributed by atoms with van der Waals surface area (Å²) < 4.78 is 19.8. The lowest BCUT2D eigenvalue weighted by molar-refractivity contribution is -0.387. The molecule has 154 valence electrons. The van der Waals surface area contributed by atoms with Crippen molar-refractivity contribution in [2.75, 3.05) is 11.9 Å². The van der Waals surface area contributed by atoms with E-state index in [-0.39, 0.29) is 5.69 Å². The van der Waals surface area contributed by atoms with E-state index in [9.17, 15) is 24.1 Å². The fourth-order valence-corrected chi connectivity index (χ4v) is 2.67. The molecule has 0 aliphatic heterocycles. The van der Waals surface area contributed by atoms with Gasteiger partial charge in [-0.05, 0) is 49.4 Å². The molecule has 1 N–H and O–H groups in total. The normalized spacial score (nSPS) is 10.5. The van der Waals surface area contributed by atoms with E-state index >= 15 is 0 Å². The minimum Gasteiger partial charge on any atom is -0.494 e. The Balaban J connectivity index is 1.77. The summed E-state index contributed by atoms with van der Waals surface area (Å²) in [4.78, 5) is 34.3. The Kier molecular flexibility index (Phi) is 6.16. The van der Waals surface area contributed by atoms with Crippen molar-refractivity contribution in [1.29, 1.82) is 0 Å². The summed E-state index contributed by atoms with van der Waals surface area (Å²) in [6.45, 7) is 1.99. The number of hydrogen-bond acceptors (Lipinski definition) is 6. The van der Waals surface area contributed by atoms with Crippen molar-refractivity contribution in [1.82, 2.24) is 9.78 Å². The van der Waals surface area contributed by atoms with Gasteiger partial charge in [0.25, 0.3) is 5.56 Å². The van der Waals surface area contributed by atoms with E-state index in [0.717, 1.165) is 22.4 Å². The predicted octanol–water partition coefficient (Wildman–Crippen LogP) is 3.00. The van der Waals surface area contributed by atoms with Gasteiger partial charge in [0.2, 0.25) is 11.7 Å². The molecule has 0 aliphatic carbocycles. The molecule has 0 bridgehead atoms. The highest BCUT2D eigenvalue weighted by Gasteiger charge is 2.16. The van der Waals surface area contributed by atoms with Crippen molar-refractivity contribution in [3.63, 3.8) is 0 Å². The standard InChI is InChI=1S/C20H17FN4O5/c1-2-30-15-6-3-13(4-7-15)17-9-10-20(27)24(23-17)12-19(26)22-14-5-8-16(21)18(11-14)25(28)29/h3-11H,2,12H2,1H3,(H,22,26). The molecule has 0 unspecified atom stereocenters. The zero-order valence-corrected chi connectivity index (χ0v) is 15.9. The number of hydrogen-bond donors (Lipinski definition) is 1. The highest BCUT2D eigenvalue weighted by atomic mass is 19.1. The van der Waals surface area contributed by atoms with Crippen LogP contribution >= 0.6 is 0 Å². The molecule has 10 heteroatoms. The number of anilines is 1. The number of rotatable bonds is 7. The summed E-state index contributed by atoms with van der Waals surface area (Å²) in [6, 6.07) is 12.9. The van der Waals surface area contributed by atoms with Gasteiger partial charge in [-0.25, -0.2) is 4.68 Å². The number of nitrogens with one attached hydrogen (secondary N) is 1. The van der Waals surface area contributed by atoms with Crippen LogP contribution in [0.25, 0.3) is 11.3 Å². The molecule has 0 fully saturated rings. The first-order chi connectivity index (χ1) is 14.4. The molecule has 0 saturated heterocycles. The maximum atomic E-state index is 13.4. The quantitative estimate of drug-likeness (QED) is 0.471. The van der Waals surface area contributed by atoms with E-state index in [1.165, 1.54) is 18.2 Å². The van der Waals surface area contributed by atoms with Crippen molar-refractivity contribution in [2.45, 2.75) is 13.5 Å². The number of nitrogens with zero attached hydrogens (tertiary/aromatic N) is 3. The van der Waals surface area contributed by atoms with Crippen LogP contribution in [0.3, 0.4) is 0 Å². The summed E-state index contributed by atoms with van der Waals surface area (Å²) in [5, 5.41) is 17.4. The molecule has 3 rings (SSSR count). The molecule has 0 atom stereocenters. The van der Waals surface area contributed by atoms with Gasteiger partial charge < -0.3 is 10.1 Å². The fourth-order valence-electron chi connectivity index (χ4n) is 2.67. The Hall–Kier alpha value is -4.08. The van der Waals surface area contributed by atoms with Gasteiger partial charge in [0.15, 0.2) is 0 Å². The molecule has 9 nitrogen and oxygen atoms in total. The summed E-state index contributed by atoms with van der Waals surface area (Å²) in [7, 11) is 0. The van der Waals surface area contributed by atoms with Crippen molar-refractivity contribution < 1.29 is 18.8 Å². The molecule has 1 aromatic heterocycles. The average Bonchev–Trinajstić information content (AvgIpc) is 2.72. The number of ether oxygens (including phenoxy) is 1. The Bertz CT molecular complexity index is 1140. The Morgan fingerprint density at radius 1 is 1.20 bits per heavy atom. The van der Waals surface area contributed by atoms with Crippen LogP contribution < -0.4 is 15.6 Å². The summed E-state index contributed by atoms with van der Waals surface area (Å²) in [5.41, 5.74) is -0.0287. The van der Waals surface area contributed by atoms with Crippen LogP contribution in [0, 0.1) is 15.9 Å². The van der Waals surface area contributed by atoms with Crippen molar-refractivity contribution >= 4 is 17.3 Å². The van der Waals surface area contributed by atoms with Crippen molar-refractivity contribution in [2.24, 2.45) is 0 Å². The van der Waals surface area contributed by atoms with E-state index in [1.807, 2.05) is 6.92 Å². The molecule has 0 aliphatic rings. The molecule has 3 aromatic rings. The number of halogens is 1. The molecule has 0 radical (unpaired) electrons. The summed E-state index contributed by atoms with van der Waals surface area (Å²) in [5.74, 6) is -0.962. The first-order valence-electron chi connectivity index (χ1n) is 8.92. The second-order valence-corrected chi connectivity index (χ2v) is 6.14. The van der Waals surface area contributed by atoms with E-state index < -0.39 is 34.4 Å². The number of aromatic nitrogens is 2. The van der Waals surface area contributed by atoms with Crippen LogP contribution in [-0.2, 0) is 11.3 Å². The number of nitro groups is 1. The Morgan fingerprint density at radius 3 is 2.60 bits per heavy atom. The maximum Gasteiger partial charge on any atom is 0.306 e. The third-order valence-electron chi connectivity index (χ3n) is 4.05. The van der Waals surface area contributed by atoms with Gasteiger partial charge in [-0.3, -0.25) is 19.7 Å². The Morgan fingerprint density at radius 2 is 1.93 bits per heavy atom. The highest BCUT2D eigenvalue weighted by molar-refractivity contribution is 5.90. The zero-order valence-electron chi connectivity index (χ0n) is 15.9. The van der Waals surface area contributed by atoms with Gasteiger partial charge in [-0.1, -0.05) is 0 Å². The third kappa shape index (κ3) is 4.85. The van der Waals surface area contributed by atoms with Crippen LogP contribution in [0.1, 0.15) is 6.92 Å². The minimum absolute atomic E-state index is 0.0313. The first kappa shape index (κ1) is 20.6. The average molecular weight is 412 g/mol. The van der Waals surface area contributed by atoms with Crippen LogP contribution in [-0.4, -0.2) is 27.2 Å². The van der Waals surface area contributed by atoms with Crippen molar-refractivity contribution in [3.8, 4) is 17.0 Å². The lowest BCUT2D eigenvalue weighted by atomic mass is 10.1. The largest absolute Gasteiger partial charge is 0.494 e. The van der Waals surface area contributed by atoms with Gasteiger partial charge >= 0.3 is 5.69 Å². The molecule has 1 heterocycles. The maximum absolute atomic E-state index is 13.4. The predicted molar refractivity (Wildman–Crippen MR) is 107 cm³/mol. The van der Waals surface area contributed by atoms with Gasteiger partial charge in [0.05, 0.1) is 17.2 Å². The monoisotopic (exact) mass is 412 g/mol. The number of carbonyl (C=O) groups excluding carboxylic acids is 1. The van der Waals surface area contributed by atoms with Gasteiger partial charge in [-0.2, -0.15) is 9.49 Å². The fraction of sp³-hybridized carbons (Fsp3) is 0.150. The van der Waals surface area contributed by atoms with Gasteiger partial charge in [-0.15, -0.1) is 0 Å². The van der Waals surface area contributed by atoms with Crippen LogP contribution in [0.2, 0.25) is 0 Å². The highest BCUT2D eigenvalue weighted by Crippen LogP contribution is 2.22. The number of nitro benzene ring substituents is 1. The summed E-state index contributed by atoms with van der Waals surface area (Å²) in [6.07, 6.45) is 0. The number of carbonyl (C=O) groups is 1. The van der Waals surface area contributed by atoms with E-state index in [0.29, 0.717) is 18.1 Å². The van der Waals surface area contributed by atoms with Crippen LogP contribution in [0.15, 0.2) is 59.4 Å². The second-order valence-electron chi connectivity index (χ2n) is 6.14. The molecule has 2 aromatic carbocycles. The topological polar surface area (TPSA) is 116 Å². The zero-order chi connectivity index (χ0) is 21.7. The third-order valence-corrected chi connectivity index (χ3v) is 4.05. The van der Waals surface area contributed by atoms with E-state index in [2.05, 4.69) is 10.4 Å². The molecular weight excluding hydrogens is 395 g/mol. The molecule has 1 amide bonds. The van der Waals surface area contributed by atoms with Crippen LogP contribution in [0.4, 0.5) is 15.8 Å². The molecule has 0 saturated carbocycles. The first-order valence-corrected chi connectivity index (χ1v) is 8.92. The molecular formula is C20H17FN4O5. The van der Waals surface area contributed by atoms with Gasteiger partial charge in [0.1, 0.15) is 12.3 Å². The second kappa shape index (κ2) is 8.95. The Labute approximate surface area is 169 Å². The molecule has 0 spiro atoms. The van der Waals surface area contributed by atoms with Crippen LogP contribution in [0.5, 0.6) is 5.75 Å². The number of benzene rings is 2. The summed E-state index contributed by atoms with van der Waals surface area (Å²) >= 11 is 0. The SMILES string of the molecule is CCOc1ccc(-c2ccc(=O)n(CC(=O)Nc3ccc(F)c([N+](=O)[O-])c3)n2)cc1.